The number of anilines is 1. The Balaban J connectivity index is 1.14. The molecule has 2 unspecified atom stereocenters. The molecule has 70 heavy (non-hydrogen) atoms. The van der Waals surface area contributed by atoms with Gasteiger partial charge in [0.15, 0.2) is 16.9 Å². The summed E-state index contributed by atoms with van der Waals surface area (Å²) in [6, 6.07) is 47.4. The Bertz CT molecular complexity index is 2870. The molecule has 2 N–H and O–H groups in total. The molecule has 0 radical (unpaired) electrons. The van der Waals surface area contributed by atoms with Gasteiger partial charge in [-0.1, -0.05) is 161 Å². The Morgan fingerprint density at radius 2 is 1.37 bits per heavy atom. The predicted molar refractivity (Wildman–Crippen MR) is 273 cm³/mol. The van der Waals surface area contributed by atoms with Crippen molar-refractivity contribution in [3.8, 4) is 0 Å². The number of nitrogens with zero attached hydrogens (tertiary/aromatic N) is 5. The van der Waals surface area contributed by atoms with Crippen LogP contribution >= 0.6 is 46.4 Å². The molecule has 2 aromatic heterocycles. The molecule has 354 valence electrons. The summed E-state index contributed by atoms with van der Waals surface area (Å²) in [7, 11) is 0. The molecule has 0 bridgehead atoms. The molecule has 18 heteroatoms. The van der Waals surface area contributed by atoms with Gasteiger partial charge in [0.1, 0.15) is 22.4 Å². The fourth-order valence-corrected chi connectivity index (χ4v) is 11.8. The van der Waals surface area contributed by atoms with Crippen molar-refractivity contribution in [2.24, 2.45) is 5.16 Å². The van der Waals surface area contributed by atoms with Crippen molar-refractivity contribution in [1.29, 1.82) is 0 Å². The van der Waals surface area contributed by atoms with Crippen LogP contribution in [-0.4, -0.2) is 65.4 Å². The van der Waals surface area contributed by atoms with Crippen molar-refractivity contribution in [1.82, 2.24) is 24.8 Å². The molecule has 14 nitrogen and oxygen atoms in total. The zero-order valence-electron chi connectivity index (χ0n) is 38.0. The van der Waals surface area contributed by atoms with E-state index in [-0.39, 0.29) is 34.6 Å². The zero-order chi connectivity index (χ0) is 48.7. The molecule has 2 aliphatic rings. The highest BCUT2D eigenvalue weighted by molar-refractivity contribution is 8.06. The lowest BCUT2D eigenvalue weighted by atomic mass is 9.80. The van der Waals surface area contributed by atoms with E-state index in [1.165, 1.54) is 40.0 Å². The van der Waals surface area contributed by atoms with E-state index in [0.717, 1.165) is 44.0 Å². The minimum atomic E-state index is -1.38. The number of fused-ring (bicyclic) bond motifs is 1. The number of carbonyl (C=O) groups excluding carboxylic acids is 4. The number of esters is 1. The van der Waals surface area contributed by atoms with Crippen molar-refractivity contribution in [2.45, 2.75) is 61.0 Å². The standard InChI is InChI=1S/C52H45N7O7S4/c1-51(2,3)65-50(63)56-49-54-39(32-68-49)42(57-66-52(35-23-13-6-14-24-35,36-25-15-7-16-26-36)37-27-17-8-18-28-37)46(61)55-47-45(67-31-38-30-53-58-70-38)43(59-40(60)29-41(59)69-47)48(62)64-44(33-19-9-4-10-20-33)34-21-11-5-12-22-34/h4-28,30,32,41,44,47H,29,31H2,1-3H3,(H,55,61)(H,54,56,63)/b57-42-. The highest BCUT2D eigenvalue weighted by atomic mass is 32.2. The lowest BCUT2D eigenvalue weighted by Gasteiger charge is -2.47. The number of amides is 3. The molecule has 1 saturated heterocycles. The van der Waals surface area contributed by atoms with Gasteiger partial charge in [-0.05, 0) is 43.4 Å². The third kappa shape index (κ3) is 10.7. The molecule has 2 atom stereocenters. The van der Waals surface area contributed by atoms with Crippen molar-refractivity contribution in [3.05, 3.63) is 212 Å². The summed E-state index contributed by atoms with van der Waals surface area (Å²) in [5.74, 6) is -1.41. The quantitative estimate of drug-likeness (QED) is 0.0309. The average Bonchev–Trinajstić information content (AvgIpc) is 4.07. The van der Waals surface area contributed by atoms with E-state index in [4.69, 9.17) is 19.5 Å². The highest BCUT2D eigenvalue weighted by Crippen LogP contribution is 2.48. The van der Waals surface area contributed by atoms with Crippen LogP contribution in [0.1, 0.15) is 71.7 Å². The summed E-state index contributed by atoms with van der Waals surface area (Å²) < 4.78 is 15.9. The topological polar surface area (TPSA) is 174 Å². The average molecular weight is 1010 g/mol. The number of thiazole rings is 1. The molecule has 9 rings (SSSR count). The molecule has 2 aliphatic heterocycles. The van der Waals surface area contributed by atoms with E-state index in [9.17, 15) is 14.4 Å². The van der Waals surface area contributed by atoms with Gasteiger partial charge in [-0.2, -0.15) is 0 Å². The van der Waals surface area contributed by atoms with E-state index in [1.807, 2.05) is 152 Å². The van der Waals surface area contributed by atoms with Crippen LogP contribution < -0.4 is 10.6 Å². The van der Waals surface area contributed by atoms with E-state index in [0.29, 0.717) is 10.7 Å². The number of β-lactam (4-membered cyclic amide) rings is 1. The van der Waals surface area contributed by atoms with Crippen LogP contribution in [0, 0.1) is 0 Å². The number of benzene rings is 5. The second kappa shape index (κ2) is 21.3. The number of hydrogen-bond donors (Lipinski definition) is 2. The Labute approximate surface area is 420 Å². The molecule has 0 spiro atoms. The van der Waals surface area contributed by atoms with E-state index >= 15 is 4.79 Å². The molecule has 4 heterocycles. The minimum absolute atomic E-state index is 0.0214. The molecular weight excluding hydrogens is 963 g/mol. The van der Waals surface area contributed by atoms with E-state index < -0.39 is 46.0 Å². The third-order valence-electron chi connectivity index (χ3n) is 11.0. The van der Waals surface area contributed by atoms with Crippen LogP contribution in [0.15, 0.2) is 179 Å². The minimum Gasteiger partial charge on any atom is -0.448 e. The van der Waals surface area contributed by atoms with Crippen LogP contribution in [0.5, 0.6) is 0 Å². The van der Waals surface area contributed by atoms with Gasteiger partial charge in [0.05, 0.1) is 22.9 Å². The van der Waals surface area contributed by atoms with E-state index in [1.54, 1.807) is 32.3 Å². The van der Waals surface area contributed by atoms with Crippen LogP contribution in [0.2, 0.25) is 0 Å². The summed E-state index contributed by atoms with van der Waals surface area (Å²) in [6.07, 6.45) is 0.199. The smallest absolute Gasteiger partial charge is 0.413 e. The maximum Gasteiger partial charge on any atom is 0.413 e. The first-order valence-electron chi connectivity index (χ1n) is 22.1. The van der Waals surface area contributed by atoms with Gasteiger partial charge in [-0.3, -0.25) is 19.8 Å². The summed E-state index contributed by atoms with van der Waals surface area (Å²) in [4.78, 5) is 70.9. The Kier molecular flexibility index (Phi) is 14.6. The molecule has 0 aliphatic carbocycles. The van der Waals surface area contributed by atoms with Crippen LogP contribution in [-0.2, 0) is 40.0 Å². The Morgan fingerprint density at radius 1 is 0.814 bits per heavy atom. The van der Waals surface area contributed by atoms with Gasteiger partial charge in [0.2, 0.25) is 11.5 Å². The van der Waals surface area contributed by atoms with Crippen LogP contribution in [0.4, 0.5) is 9.93 Å². The Morgan fingerprint density at radius 3 is 1.89 bits per heavy atom. The summed E-state index contributed by atoms with van der Waals surface area (Å²) in [5, 5.41) is 14.9. The number of nitrogens with one attached hydrogen (secondary N) is 2. The summed E-state index contributed by atoms with van der Waals surface area (Å²) in [5.41, 5.74) is 1.35. The monoisotopic (exact) mass is 1010 g/mol. The molecular formula is C52H45N7O7S4. The predicted octanol–water partition coefficient (Wildman–Crippen LogP) is 10.3. The first-order valence-corrected chi connectivity index (χ1v) is 25.7. The zero-order valence-corrected chi connectivity index (χ0v) is 41.2. The maximum atomic E-state index is 15.3. The molecule has 3 amide bonds. The normalized spacial score (nSPS) is 16.0. The van der Waals surface area contributed by atoms with Crippen molar-refractivity contribution >= 4 is 81.1 Å². The molecule has 5 aromatic carbocycles. The van der Waals surface area contributed by atoms with Crippen LogP contribution in [0.25, 0.3) is 0 Å². The summed E-state index contributed by atoms with van der Waals surface area (Å²) >= 11 is 4.84. The van der Waals surface area contributed by atoms with Crippen molar-refractivity contribution < 1.29 is 33.5 Å². The van der Waals surface area contributed by atoms with Gasteiger partial charge in [-0.25, -0.2) is 14.6 Å². The summed E-state index contributed by atoms with van der Waals surface area (Å²) in [6.45, 7) is 5.24. The number of rotatable bonds is 16. The lowest BCUT2D eigenvalue weighted by molar-refractivity contribution is -0.151. The van der Waals surface area contributed by atoms with Gasteiger partial charge in [0.25, 0.3) is 5.91 Å². The molecule has 1 fully saturated rings. The van der Waals surface area contributed by atoms with Gasteiger partial charge in [-0.15, -0.1) is 40.0 Å². The fraction of sp³-hybridized carbons (Fsp3) is 0.192. The van der Waals surface area contributed by atoms with Crippen molar-refractivity contribution in [2.75, 3.05) is 5.32 Å². The molecule has 7 aromatic rings. The first kappa shape index (κ1) is 47.9. The number of aromatic nitrogens is 3. The number of carbonyl (C=O) groups is 4. The largest absolute Gasteiger partial charge is 0.448 e. The van der Waals surface area contributed by atoms with Crippen LogP contribution in [0.3, 0.4) is 0 Å². The number of hydrogen-bond acceptors (Lipinski definition) is 15. The maximum absolute atomic E-state index is 15.3. The van der Waals surface area contributed by atoms with Crippen molar-refractivity contribution in [3.63, 3.8) is 0 Å². The molecule has 0 saturated carbocycles. The Hall–Kier alpha value is -7.12. The van der Waals surface area contributed by atoms with Gasteiger partial charge >= 0.3 is 12.1 Å². The first-order chi connectivity index (χ1) is 34.0. The second-order valence-electron chi connectivity index (χ2n) is 16.9. The third-order valence-corrected chi connectivity index (χ3v) is 15.2. The SMILES string of the molecule is CC(C)(C)OC(=O)Nc1nc(/C(=N/OC(c2ccccc2)(c2ccccc2)c2ccccc2)C(=O)NC2SC3CC(=O)N3C(C(=O)OC(c3ccccc3)c3ccccc3)=C2SCc2cnns2)cs1. The highest BCUT2D eigenvalue weighted by Gasteiger charge is 2.50. The fourth-order valence-electron chi connectivity index (χ4n) is 7.83. The van der Waals surface area contributed by atoms with Gasteiger partial charge in [0, 0.05) is 32.7 Å². The second-order valence-corrected chi connectivity index (χ2v) is 20.9. The number of ether oxygens (including phenoxy) is 2. The number of oxime groups is 1. The van der Waals surface area contributed by atoms with E-state index in [2.05, 4.69) is 25.2 Å². The lowest BCUT2D eigenvalue weighted by Crippen LogP contribution is -2.57. The van der Waals surface area contributed by atoms with Gasteiger partial charge < -0.3 is 19.6 Å². The number of thioether (sulfide) groups is 2.